The molecule has 2 amide bonds. The maximum atomic E-state index is 12.6. The monoisotopic (exact) mass is 402 g/mol. The largest absolute Gasteiger partial charge is 0.465 e. The predicted molar refractivity (Wildman–Crippen MR) is 106 cm³/mol. The predicted octanol–water partition coefficient (Wildman–Crippen LogP) is 3.47. The second-order valence-electron chi connectivity index (χ2n) is 6.40. The average Bonchev–Trinajstić information content (AvgIpc) is 3.22. The highest BCUT2D eigenvalue weighted by Crippen LogP contribution is 2.40. The summed E-state index contributed by atoms with van der Waals surface area (Å²) >= 11 is 2.81. The molecule has 1 aromatic heterocycles. The molecule has 27 heavy (non-hydrogen) atoms. The van der Waals surface area contributed by atoms with Gasteiger partial charge in [0.1, 0.15) is 5.00 Å². The Morgan fingerprint density at radius 3 is 2.93 bits per heavy atom. The number of anilines is 2. The fraction of sp³-hybridized carbons (Fsp3) is 0.316. The molecule has 1 aliphatic heterocycles. The molecule has 1 aliphatic carbocycles. The molecule has 6 nitrogen and oxygen atoms in total. The van der Waals surface area contributed by atoms with E-state index < -0.39 is 11.2 Å². The van der Waals surface area contributed by atoms with Crippen LogP contribution < -0.4 is 10.6 Å². The number of aryl methyl sites for hydroxylation is 1. The number of ether oxygens (including phenoxy) is 1. The number of para-hydroxylation sites is 1. The molecule has 2 aromatic rings. The summed E-state index contributed by atoms with van der Waals surface area (Å²) in [6.07, 6.45) is 2.78. The number of nitrogens with one attached hydrogen (secondary N) is 2. The molecule has 0 unspecified atom stereocenters. The maximum Gasteiger partial charge on any atom is 0.341 e. The Morgan fingerprint density at radius 2 is 2.11 bits per heavy atom. The van der Waals surface area contributed by atoms with Gasteiger partial charge in [0.2, 0.25) is 11.8 Å². The van der Waals surface area contributed by atoms with E-state index in [1.54, 1.807) is 0 Å². The third-order valence-electron chi connectivity index (χ3n) is 4.64. The van der Waals surface area contributed by atoms with Crippen LogP contribution in [0.25, 0.3) is 0 Å². The van der Waals surface area contributed by atoms with Crippen LogP contribution in [-0.4, -0.2) is 30.1 Å². The Labute approximate surface area is 164 Å². The van der Waals surface area contributed by atoms with Crippen molar-refractivity contribution in [3.05, 3.63) is 40.3 Å². The van der Waals surface area contributed by atoms with Gasteiger partial charge in [-0.2, -0.15) is 0 Å². The Bertz CT molecular complexity index is 938. The average molecular weight is 402 g/mol. The van der Waals surface area contributed by atoms with Crippen LogP contribution in [0, 0.1) is 0 Å². The molecular formula is C19H18N2O4S2. The third-order valence-corrected chi connectivity index (χ3v) is 7.12. The summed E-state index contributed by atoms with van der Waals surface area (Å²) < 4.78 is 4.90. The van der Waals surface area contributed by atoms with Gasteiger partial charge in [-0.25, -0.2) is 4.79 Å². The summed E-state index contributed by atoms with van der Waals surface area (Å²) in [6, 6.07) is 7.52. The first kappa shape index (κ1) is 18.1. The Balaban J connectivity index is 1.49. The van der Waals surface area contributed by atoms with Crippen LogP contribution in [0.5, 0.6) is 0 Å². The number of hydrogen-bond donors (Lipinski definition) is 2. The van der Waals surface area contributed by atoms with E-state index >= 15 is 0 Å². The van der Waals surface area contributed by atoms with E-state index in [1.165, 1.54) is 30.2 Å². The highest BCUT2D eigenvalue weighted by molar-refractivity contribution is 8.01. The Morgan fingerprint density at radius 1 is 1.30 bits per heavy atom. The molecular weight excluding hydrogens is 384 g/mol. The molecule has 2 aliphatic rings. The second-order valence-corrected chi connectivity index (χ2v) is 8.75. The summed E-state index contributed by atoms with van der Waals surface area (Å²) in [6.45, 7) is 0. The van der Waals surface area contributed by atoms with Crippen molar-refractivity contribution in [1.29, 1.82) is 0 Å². The normalized spacial score (nSPS) is 17.7. The standard InChI is InChI=1S/C19H18N2O4S2/c1-25-19(24)16-10-5-4-8-12(10)27-18(16)21-15(22)9-14-17(23)20-11-6-2-3-7-13(11)26-14/h2-3,6-7,14H,4-5,8-9H2,1H3,(H,20,23)(H,21,22)/t14-/m0/s1. The zero-order valence-corrected chi connectivity index (χ0v) is 16.3. The van der Waals surface area contributed by atoms with E-state index in [0.717, 1.165) is 40.3 Å². The fourth-order valence-corrected chi connectivity index (χ4v) is 5.79. The van der Waals surface area contributed by atoms with Crippen molar-refractivity contribution >= 4 is 51.6 Å². The molecule has 0 spiro atoms. The van der Waals surface area contributed by atoms with Crippen LogP contribution in [0.4, 0.5) is 10.7 Å². The Hall–Kier alpha value is -2.32. The van der Waals surface area contributed by atoms with Gasteiger partial charge in [-0.05, 0) is 37.0 Å². The van der Waals surface area contributed by atoms with Crippen LogP contribution in [0.15, 0.2) is 29.2 Å². The number of thiophene rings is 1. The van der Waals surface area contributed by atoms with Gasteiger partial charge in [-0.1, -0.05) is 12.1 Å². The van der Waals surface area contributed by atoms with E-state index in [-0.39, 0.29) is 18.2 Å². The summed E-state index contributed by atoms with van der Waals surface area (Å²) in [7, 11) is 1.34. The SMILES string of the molecule is COC(=O)c1c(NC(=O)C[C@@H]2Sc3ccccc3NC2=O)sc2c1CCC2. The van der Waals surface area contributed by atoms with Crippen molar-refractivity contribution in [1.82, 2.24) is 0 Å². The maximum absolute atomic E-state index is 12.6. The van der Waals surface area contributed by atoms with Crippen molar-refractivity contribution in [2.75, 3.05) is 17.7 Å². The van der Waals surface area contributed by atoms with Gasteiger partial charge in [0.15, 0.2) is 0 Å². The zero-order chi connectivity index (χ0) is 19.0. The lowest BCUT2D eigenvalue weighted by molar-refractivity contribution is -0.120. The molecule has 0 radical (unpaired) electrons. The van der Waals surface area contributed by atoms with Crippen molar-refractivity contribution < 1.29 is 19.1 Å². The van der Waals surface area contributed by atoms with Gasteiger partial charge in [0.25, 0.3) is 0 Å². The topological polar surface area (TPSA) is 84.5 Å². The minimum Gasteiger partial charge on any atom is -0.465 e. The van der Waals surface area contributed by atoms with Crippen LogP contribution in [-0.2, 0) is 27.2 Å². The van der Waals surface area contributed by atoms with E-state index in [1.807, 2.05) is 24.3 Å². The van der Waals surface area contributed by atoms with Gasteiger partial charge in [0.05, 0.1) is 23.6 Å². The minimum absolute atomic E-state index is 0.0357. The highest BCUT2D eigenvalue weighted by atomic mass is 32.2. The smallest absolute Gasteiger partial charge is 0.341 e. The number of carbonyl (C=O) groups excluding carboxylic acids is 3. The molecule has 0 saturated heterocycles. The van der Waals surface area contributed by atoms with Crippen LogP contribution >= 0.6 is 23.1 Å². The van der Waals surface area contributed by atoms with Gasteiger partial charge in [0, 0.05) is 16.2 Å². The number of esters is 1. The van der Waals surface area contributed by atoms with Gasteiger partial charge in [-0.3, -0.25) is 9.59 Å². The third kappa shape index (κ3) is 3.46. The van der Waals surface area contributed by atoms with E-state index in [2.05, 4.69) is 10.6 Å². The Kier molecular flexibility index (Phi) is 4.92. The van der Waals surface area contributed by atoms with Crippen molar-refractivity contribution in [2.45, 2.75) is 35.8 Å². The first-order valence-corrected chi connectivity index (χ1v) is 10.4. The number of amides is 2. The summed E-state index contributed by atoms with van der Waals surface area (Å²) in [5.74, 6) is -0.897. The van der Waals surface area contributed by atoms with Crippen LogP contribution in [0.3, 0.4) is 0 Å². The number of fused-ring (bicyclic) bond motifs is 2. The number of thioether (sulfide) groups is 1. The number of methoxy groups -OCH3 is 1. The first-order valence-electron chi connectivity index (χ1n) is 8.66. The zero-order valence-electron chi connectivity index (χ0n) is 14.7. The van der Waals surface area contributed by atoms with Crippen LogP contribution in [0.2, 0.25) is 0 Å². The summed E-state index contributed by atoms with van der Waals surface area (Å²) in [4.78, 5) is 39.1. The van der Waals surface area contributed by atoms with Gasteiger partial charge in [-0.15, -0.1) is 23.1 Å². The van der Waals surface area contributed by atoms with Crippen molar-refractivity contribution in [3.63, 3.8) is 0 Å². The number of carbonyl (C=O) groups is 3. The molecule has 2 N–H and O–H groups in total. The molecule has 140 valence electrons. The highest BCUT2D eigenvalue weighted by Gasteiger charge is 2.31. The summed E-state index contributed by atoms with van der Waals surface area (Å²) in [5.41, 5.74) is 2.22. The first-order chi connectivity index (χ1) is 13.1. The molecule has 2 heterocycles. The summed E-state index contributed by atoms with van der Waals surface area (Å²) in [5, 5.41) is 5.69. The molecule has 0 saturated carbocycles. The lowest BCUT2D eigenvalue weighted by Gasteiger charge is -2.23. The quantitative estimate of drug-likeness (QED) is 0.765. The van der Waals surface area contributed by atoms with Crippen LogP contribution in [0.1, 0.15) is 33.6 Å². The lowest BCUT2D eigenvalue weighted by atomic mass is 10.1. The minimum atomic E-state index is -0.506. The van der Waals surface area contributed by atoms with Gasteiger partial charge < -0.3 is 15.4 Å². The van der Waals surface area contributed by atoms with Crippen molar-refractivity contribution in [2.24, 2.45) is 0 Å². The van der Waals surface area contributed by atoms with Crippen molar-refractivity contribution in [3.8, 4) is 0 Å². The van der Waals surface area contributed by atoms with E-state index in [4.69, 9.17) is 4.74 Å². The fourth-order valence-electron chi connectivity index (χ4n) is 3.38. The second kappa shape index (κ2) is 7.36. The number of benzene rings is 1. The number of rotatable bonds is 4. The molecule has 1 aromatic carbocycles. The lowest BCUT2D eigenvalue weighted by Crippen LogP contribution is -2.32. The van der Waals surface area contributed by atoms with E-state index in [9.17, 15) is 14.4 Å². The molecule has 8 heteroatoms. The van der Waals surface area contributed by atoms with Gasteiger partial charge >= 0.3 is 5.97 Å². The molecule has 0 fully saturated rings. The molecule has 0 bridgehead atoms. The molecule has 1 atom stereocenters. The number of hydrogen-bond acceptors (Lipinski definition) is 6. The van der Waals surface area contributed by atoms with E-state index in [0.29, 0.717) is 10.6 Å². The molecule has 4 rings (SSSR count).